The monoisotopic (exact) mass is 263 g/mol. The van der Waals surface area contributed by atoms with Crippen LogP contribution >= 0.6 is 0 Å². The molecule has 1 rings (SSSR count). The van der Waals surface area contributed by atoms with Gasteiger partial charge >= 0.3 is 0 Å². The zero-order valence-corrected chi connectivity index (χ0v) is 12.3. The molecule has 0 N–H and O–H groups in total. The average molecular weight is 263 g/mol. The van der Waals surface area contributed by atoms with Gasteiger partial charge < -0.3 is 14.4 Å². The van der Waals surface area contributed by atoms with Crippen molar-refractivity contribution in [3.05, 3.63) is 36.4 Å². The van der Waals surface area contributed by atoms with E-state index in [1.807, 2.05) is 31.2 Å². The van der Waals surface area contributed by atoms with Crippen molar-refractivity contribution in [3.63, 3.8) is 0 Å². The molecule has 3 nitrogen and oxygen atoms in total. The first-order valence-corrected chi connectivity index (χ1v) is 7.03. The van der Waals surface area contributed by atoms with E-state index in [1.165, 1.54) is 0 Å². The third kappa shape index (κ3) is 5.79. The number of hydrogen-bond acceptors (Lipinski definition) is 3. The van der Waals surface area contributed by atoms with E-state index in [0.717, 1.165) is 31.1 Å². The second kappa shape index (κ2) is 9.45. The second-order valence-corrected chi connectivity index (χ2v) is 4.15. The summed E-state index contributed by atoms with van der Waals surface area (Å²) in [5.74, 6) is 1.61. The van der Waals surface area contributed by atoms with E-state index in [2.05, 4.69) is 30.9 Å². The van der Waals surface area contributed by atoms with Gasteiger partial charge in [0.15, 0.2) is 11.5 Å². The van der Waals surface area contributed by atoms with Gasteiger partial charge in [0, 0.05) is 6.54 Å². The van der Waals surface area contributed by atoms with Crippen molar-refractivity contribution in [2.24, 2.45) is 0 Å². The maximum absolute atomic E-state index is 5.71. The number of likely N-dealkylation sites (N-methyl/N-ethyl adjacent to an activating group) is 1. The Bertz CT molecular complexity index is 373. The maximum atomic E-state index is 5.71. The zero-order chi connectivity index (χ0) is 13.9. The molecule has 3 heteroatoms. The van der Waals surface area contributed by atoms with Crippen molar-refractivity contribution in [2.75, 3.05) is 32.8 Å². The number of hydrogen-bond donors (Lipinski definition) is 0. The van der Waals surface area contributed by atoms with Gasteiger partial charge in [0.2, 0.25) is 0 Å². The Labute approximate surface area is 116 Å². The lowest BCUT2D eigenvalue weighted by Gasteiger charge is -2.15. The van der Waals surface area contributed by atoms with E-state index in [1.54, 1.807) is 0 Å². The Morgan fingerprint density at radius 3 is 2.16 bits per heavy atom. The highest BCUT2D eigenvalue weighted by atomic mass is 16.5. The van der Waals surface area contributed by atoms with E-state index >= 15 is 0 Å². The van der Waals surface area contributed by atoms with Gasteiger partial charge in [-0.15, -0.1) is 0 Å². The normalized spacial score (nSPS) is 11.2. The number of rotatable bonds is 9. The molecule has 19 heavy (non-hydrogen) atoms. The summed E-state index contributed by atoms with van der Waals surface area (Å²) in [7, 11) is 0. The van der Waals surface area contributed by atoms with Gasteiger partial charge in [-0.25, -0.2) is 0 Å². The van der Waals surface area contributed by atoms with Gasteiger partial charge in [0.1, 0.15) is 6.61 Å². The van der Waals surface area contributed by atoms with Crippen LogP contribution in [-0.4, -0.2) is 37.7 Å². The van der Waals surface area contributed by atoms with Crippen LogP contribution in [0.25, 0.3) is 0 Å². The van der Waals surface area contributed by atoms with Crippen molar-refractivity contribution in [2.45, 2.75) is 20.8 Å². The first-order chi connectivity index (χ1) is 9.31. The van der Waals surface area contributed by atoms with Crippen molar-refractivity contribution < 1.29 is 9.47 Å². The van der Waals surface area contributed by atoms with E-state index in [9.17, 15) is 0 Å². The molecule has 0 radical (unpaired) electrons. The first-order valence-electron chi connectivity index (χ1n) is 7.03. The number of benzene rings is 1. The third-order valence-corrected chi connectivity index (χ3v) is 2.91. The average Bonchev–Trinajstić information content (AvgIpc) is 2.45. The summed E-state index contributed by atoms with van der Waals surface area (Å²) >= 11 is 0. The van der Waals surface area contributed by atoms with Crippen LogP contribution in [0.3, 0.4) is 0 Å². The highest BCUT2D eigenvalue weighted by Crippen LogP contribution is 2.26. The molecule has 1 aromatic rings. The summed E-state index contributed by atoms with van der Waals surface area (Å²) in [6, 6.07) is 7.77. The lowest BCUT2D eigenvalue weighted by Crippen LogP contribution is -2.22. The molecule has 0 unspecified atom stereocenters. The fraction of sp³-hybridized carbons (Fsp3) is 0.500. The SMILES string of the molecule is CCOc1ccccc1OCC=CCN(CC)CC. The first kappa shape index (κ1) is 15.6. The van der Waals surface area contributed by atoms with E-state index in [4.69, 9.17) is 9.47 Å². The molecule has 0 aromatic heterocycles. The smallest absolute Gasteiger partial charge is 0.161 e. The van der Waals surface area contributed by atoms with Crippen LogP contribution in [0.1, 0.15) is 20.8 Å². The summed E-state index contributed by atoms with van der Waals surface area (Å²) in [6.45, 7) is 10.7. The largest absolute Gasteiger partial charge is 0.490 e. The molecule has 0 spiro atoms. The fourth-order valence-electron chi connectivity index (χ4n) is 1.76. The summed E-state index contributed by atoms with van der Waals surface area (Å²) in [4.78, 5) is 2.35. The maximum Gasteiger partial charge on any atom is 0.161 e. The van der Waals surface area contributed by atoms with Crippen molar-refractivity contribution in [1.82, 2.24) is 4.90 Å². The minimum absolute atomic E-state index is 0.575. The second-order valence-electron chi connectivity index (χ2n) is 4.15. The molecule has 0 saturated heterocycles. The Kier molecular flexibility index (Phi) is 7.75. The molecule has 106 valence electrons. The molecule has 0 heterocycles. The molecule has 0 aliphatic heterocycles. The van der Waals surface area contributed by atoms with Crippen LogP contribution in [-0.2, 0) is 0 Å². The van der Waals surface area contributed by atoms with Gasteiger partial charge in [-0.3, -0.25) is 0 Å². The Morgan fingerprint density at radius 2 is 1.58 bits per heavy atom. The lowest BCUT2D eigenvalue weighted by atomic mass is 10.3. The summed E-state index contributed by atoms with van der Waals surface area (Å²) in [6.07, 6.45) is 4.21. The highest BCUT2D eigenvalue weighted by molar-refractivity contribution is 5.39. The molecular weight excluding hydrogens is 238 g/mol. The molecule has 0 atom stereocenters. The van der Waals surface area contributed by atoms with Crippen molar-refractivity contribution in [1.29, 1.82) is 0 Å². The molecule has 0 aliphatic rings. The molecule has 0 aliphatic carbocycles. The van der Waals surface area contributed by atoms with Crippen LogP contribution in [0.4, 0.5) is 0 Å². The van der Waals surface area contributed by atoms with Gasteiger partial charge in [0.05, 0.1) is 6.61 Å². The topological polar surface area (TPSA) is 21.7 Å². The van der Waals surface area contributed by atoms with Crippen molar-refractivity contribution >= 4 is 0 Å². The van der Waals surface area contributed by atoms with E-state index < -0.39 is 0 Å². The Hall–Kier alpha value is -1.48. The summed E-state index contributed by atoms with van der Waals surface area (Å²) in [5, 5.41) is 0. The number of nitrogens with zero attached hydrogens (tertiary/aromatic N) is 1. The van der Waals surface area contributed by atoms with Crippen LogP contribution in [0, 0.1) is 0 Å². The van der Waals surface area contributed by atoms with Crippen molar-refractivity contribution in [3.8, 4) is 11.5 Å². The Balaban J connectivity index is 2.38. The summed E-state index contributed by atoms with van der Waals surface area (Å²) < 4.78 is 11.2. The van der Waals surface area contributed by atoms with Crippen LogP contribution in [0.15, 0.2) is 36.4 Å². The Morgan fingerprint density at radius 1 is 0.947 bits per heavy atom. The molecule has 0 fully saturated rings. The molecule has 0 amide bonds. The minimum Gasteiger partial charge on any atom is -0.490 e. The van der Waals surface area contributed by atoms with E-state index in [-0.39, 0.29) is 0 Å². The molecule has 0 saturated carbocycles. The number of ether oxygens (including phenoxy) is 2. The standard InChI is InChI=1S/C16H25NO2/c1-4-17(5-2)13-9-10-14-19-16-12-8-7-11-15(16)18-6-3/h7-12H,4-6,13-14H2,1-3H3. The van der Waals surface area contributed by atoms with Gasteiger partial charge in [-0.05, 0) is 32.1 Å². The predicted octanol–water partition coefficient (Wildman–Crippen LogP) is 3.36. The summed E-state index contributed by atoms with van der Waals surface area (Å²) in [5.41, 5.74) is 0. The third-order valence-electron chi connectivity index (χ3n) is 2.91. The minimum atomic E-state index is 0.575. The molecule has 0 bridgehead atoms. The lowest BCUT2D eigenvalue weighted by molar-refractivity contribution is 0.296. The quantitative estimate of drug-likeness (QED) is 0.638. The number of para-hydroxylation sites is 2. The molecule has 1 aromatic carbocycles. The fourth-order valence-corrected chi connectivity index (χ4v) is 1.76. The predicted molar refractivity (Wildman–Crippen MR) is 80.0 cm³/mol. The van der Waals surface area contributed by atoms with Gasteiger partial charge in [-0.2, -0.15) is 0 Å². The van der Waals surface area contributed by atoms with Crippen LogP contribution in [0.5, 0.6) is 11.5 Å². The van der Waals surface area contributed by atoms with Gasteiger partial charge in [0.25, 0.3) is 0 Å². The van der Waals surface area contributed by atoms with Gasteiger partial charge in [-0.1, -0.05) is 38.1 Å². The van der Waals surface area contributed by atoms with Crippen LogP contribution in [0.2, 0.25) is 0 Å². The van der Waals surface area contributed by atoms with E-state index in [0.29, 0.717) is 13.2 Å². The highest BCUT2D eigenvalue weighted by Gasteiger charge is 2.01. The zero-order valence-electron chi connectivity index (χ0n) is 12.3. The van der Waals surface area contributed by atoms with Crippen LogP contribution < -0.4 is 9.47 Å². The molecular formula is C16H25NO2.